The number of nitrogens with zero attached hydrogens (tertiary/aromatic N) is 1. The molecule has 2 aliphatic heterocycles. The largest absolute Gasteiger partial charge is 0.489 e. The first-order valence-corrected chi connectivity index (χ1v) is 8.31. The fraction of sp³-hybridized carbons (Fsp3) is 0.647. The molecule has 0 radical (unpaired) electrons. The first kappa shape index (κ1) is 17.5. The van der Waals surface area contributed by atoms with Crippen LogP contribution in [-0.2, 0) is 10.9 Å². The monoisotopic (exact) mass is 344 g/mol. The number of hydrogen-bond donors (Lipinski definition) is 1. The van der Waals surface area contributed by atoms with Crippen molar-refractivity contribution in [3.05, 3.63) is 29.8 Å². The molecule has 7 heteroatoms. The van der Waals surface area contributed by atoms with Crippen LogP contribution in [0, 0.1) is 0 Å². The van der Waals surface area contributed by atoms with E-state index in [1.165, 1.54) is 12.1 Å². The van der Waals surface area contributed by atoms with E-state index in [2.05, 4.69) is 17.1 Å². The van der Waals surface area contributed by atoms with Crippen LogP contribution in [0.2, 0.25) is 0 Å². The average Bonchev–Trinajstić information content (AvgIpc) is 2.96. The molecule has 24 heavy (non-hydrogen) atoms. The quantitative estimate of drug-likeness (QED) is 0.910. The number of alkyl halides is 3. The van der Waals surface area contributed by atoms with Crippen LogP contribution in [0.3, 0.4) is 0 Å². The average molecular weight is 344 g/mol. The normalized spacial score (nSPS) is 28.9. The van der Waals surface area contributed by atoms with Crippen molar-refractivity contribution in [3.63, 3.8) is 0 Å². The van der Waals surface area contributed by atoms with Crippen LogP contribution < -0.4 is 10.1 Å². The lowest BCUT2D eigenvalue weighted by Gasteiger charge is -2.34. The van der Waals surface area contributed by atoms with Crippen LogP contribution in [-0.4, -0.2) is 55.9 Å². The Kier molecular flexibility index (Phi) is 5.32. The molecular weight excluding hydrogens is 321 g/mol. The van der Waals surface area contributed by atoms with Gasteiger partial charge in [-0.25, -0.2) is 0 Å². The van der Waals surface area contributed by atoms with Crippen molar-refractivity contribution in [1.82, 2.24) is 10.2 Å². The molecule has 0 unspecified atom stereocenters. The predicted octanol–water partition coefficient (Wildman–Crippen LogP) is 2.54. The maximum atomic E-state index is 12.6. The minimum atomic E-state index is -4.31. The van der Waals surface area contributed by atoms with E-state index in [1.54, 1.807) is 0 Å². The van der Waals surface area contributed by atoms with E-state index < -0.39 is 11.7 Å². The molecule has 3 rings (SSSR count). The first-order chi connectivity index (χ1) is 11.4. The number of morpholine rings is 1. The van der Waals surface area contributed by atoms with Gasteiger partial charge in [0, 0.05) is 38.1 Å². The Morgan fingerprint density at radius 2 is 2.04 bits per heavy atom. The standard InChI is InChI=1S/C17H23F3N2O2/c1-12-11-23-7-6-22(12)10-14-8-16(9-21-14)24-15-4-2-13(3-5-15)17(18,19)20/h2-5,12,14,16,21H,6-11H2,1H3/t12-,14-,16+/m0/s1. The molecule has 1 aromatic carbocycles. The maximum absolute atomic E-state index is 12.6. The highest BCUT2D eigenvalue weighted by Crippen LogP contribution is 2.30. The molecule has 0 amide bonds. The second-order valence-electron chi connectivity index (χ2n) is 6.52. The van der Waals surface area contributed by atoms with E-state index >= 15 is 0 Å². The van der Waals surface area contributed by atoms with Gasteiger partial charge in [-0.1, -0.05) is 0 Å². The van der Waals surface area contributed by atoms with Crippen molar-refractivity contribution >= 4 is 0 Å². The Labute approximate surface area is 139 Å². The molecule has 0 aliphatic carbocycles. The molecule has 2 heterocycles. The third-order valence-corrected chi connectivity index (χ3v) is 4.63. The van der Waals surface area contributed by atoms with Crippen LogP contribution in [0.25, 0.3) is 0 Å². The summed E-state index contributed by atoms with van der Waals surface area (Å²) in [5, 5.41) is 3.44. The van der Waals surface area contributed by atoms with Crippen molar-refractivity contribution in [2.75, 3.05) is 32.8 Å². The van der Waals surface area contributed by atoms with Crippen LogP contribution >= 0.6 is 0 Å². The Morgan fingerprint density at radius 3 is 2.71 bits per heavy atom. The summed E-state index contributed by atoms with van der Waals surface area (Å²) in [6.45, 7) is 6.27. The molecule has 1 N–H and O–H groups in total. The lowest BCUT2D eigenvalue weighted by Crippen LogP contribution is -2.48. The zero-order valence-corrected chi connectivity index (χ0v) is 13.7. The van der Waals surface area contributed by atoms with Gasteiger partial charge in [-0.05, 0) is 31.2 Å². The van der Waals surface area contributed by atoms with Crippen molar-refractivity contribution in [1.29, 1.82) is 0 Å². The number of nitrogens with one attached hydrogen (secondary N) is 1. The SMILES string of the molecule is C[C@H]1COCCN1C[C@@H]1C[C@@H](Oc2ccc(C(F)(F)F)cc2)CN1. The van der Waals surface area contributed by atoms with E-state index in [-0.39, 0.29) is 6.10 Å². The third kappa shape index (κ3) is 4.40. The molecule has 1 aromatic rings. The number of benzene rings is 1. The predicted molar refractivity (Wildman–Crippen MR) is 84.1 cm³/mol. The minimum Gasteiger partial charge on any atom is -0.489 e. The van der Waals surface area contributed by atoms with Crippen LogP contribution in [0.5, 0.6) is 5.75 Å². The molecule has 0 spiro atoms. The van der Waals surface area contributed by atoms with Gasteiger partial charge in [0.15, 0.2) is 0 Å². The highest BCUT2D eigenvalue weighted by Gasteiger charge is 2.31. The van der Waals surface area contributed by atoms with Gasteiger partial charge in [0.05, 0.1) is 18.8 Å². The third-order valence-electron chi connectivity index (χ3n) is 4.63. The fourth-order valence-electron chi connectivity index (χ4n) is 3.24. The molecule has 4 nitrogen and oxygen atoms in total. The minimum absolute atomic E-state index is 0.0110. The topological polar surface area (TPSA) is 33.7 Å². The number of halogens is 3. The first-order valence-electron chi connectivity index (χ1n) is 8.31. The molecular formula is C17H23F3N2O2. The smallest absolute Gasteiger partial charge is 0.416 e. The molecule has 2 aliphatic rings. The lowest BCUT2D eigenvalue weighted by molar-refractivity contribution is -0.137. The summed E-state index contributed by atoms with van der Waals surface area (Å²) in [4.78, 5) is 2.40. The van der Waals surface area contributed by atoms with Gasteiger partial charge in [0.25, 0.3) is 0 Å². The maximum Gasteiger partial charge on any atom is 0.416 e. The molecule has 2 fully saturated rings. The number of rotatable bonds is 4. The van der Waals surface area contributed by atoms with Crippen molar-refractivity contribution in [3.8, 4) is 5.75 Å². The van der Waals surface area contributed by atoms with E-state index in [0.29, 0.717) is 24.4 Å². The Hall–Kier alpha value is -1.31. The van der Waals surface area contributed by atoms with Crippen LogP contribution in [0.1, 0.15) is 18.9 Å². The van der Waals surface area contributed by atoms with Gasteiger partial charge in [0.2, 0.25) is 0 Å². The summed E-state index contributed by atoms with van der Waals surface area (Å²) in [6, 6.07) is 5.65. The molecule has 3 atom stereocenters. The highest BCUT2D eigenvalue weighted by atomic mass is 19.4. The fourth-order valence-corrected chi connectivity index (χ4v) is 3.24. The second-order valence-corrected chi connectivity index (χ2v) is 6.52. The van der Waals surface area contributed by atoms with E-state index in [9.17, 15) is 13.2 Å². The Balaban J connectivity index is 1.49. The zero-order valence-electron chi connectivity index (χ0n) is 13.7. The van der Waals surface area contributed by atoms with Crippen molar-refractivity contribution < 1.29 is 22.6 Å². The van der Waals surface area contributed by atoms with Gasteiger partial charge in [-0.2, -0.15) is 13.2 Å². The second kappa shape index (κ2) is 7.29. The van der Waals surface area contributed by atoms with Crippen LogP contribution in [0.4, 0.5) is 13.2 Å². The number of ether oxygens (including phenoxy) is 2. The van der Waals surface area contributed by atoms with E-state index in [0.717, 1.165) is 44.9 Å². The molecule has 134 valence electrons. The van der Waals surface area contributed by atoms with Crippen molar-refractivity contribution in [2.24, 2.45) is 0 Å². The van der Waals surface area contributed by atoms with Gasteiger partial charge >= 0.3 is 6.18 Å². The van der Waals surface area contributed by atoms with E-state index in [1.807, 2.05) is 0 Å². The van der Waals surface area contributed by atoms with Crippen LogP contribution in [0.15, 0.2) is 24.3 Å². The summed E-state index contributed by atoms with van der Waals surface area (Å²) in [6.07, 6.45) is -3.47. The lowest BCUT2D eigenvalue weighted by atomic mass is 10.1. The Bertz CT molecular complexity index is 536. The van der Waals surface area contributed by atoms with Gasteiger partial charge in [-0.15, -0.1) is 0 Å². The van der Waals surface area contributed by atoms with Gasteiger partial charge < -0.3 is 14.8 Å². The van der Waals surface area contributed by atoms with Crippen molar-refractivity contribution in [2.45, 2.75) is 37.7 Å². The summed E-state index contributed by atoms with van der Waals surface area (Å²) in [7, 11) is 0. The summed E-state index contributed by atoms with van der Waals surface area (Å²) < 4.78 is 49.0. The van der Waals surface area contributed by atoms with E-state index in [4.69, 9.17) is 9.47 Å². The summed E-state index contributed by atoms with van der Waals surface area (Å²) in [5.41, 5.74) is -0.654. The summed E-state index contributed by atoms with van der Waals surface area (Å²) in [5.74, 6) is 0.482. The Morgan fingerprint density at radius 1 is 1.29 bits per heavy atom. The highest BCUT2D eigenvalue weighted by molar-refractivity contribution is 5.29. The number of hydrogen-bond acceptors (Lipinski definition) is 4. The molecule has 0 bridgehead atoms. The molecule has 0 saturated carbocycles. The zero-order chi connectivity index (χ0) is 17.2. The summed E-state index contributed by atoms with van der Waals surface area (Å²) >= 11 is 0. The molecule has 2 saturated heterocycles. The van der Waals surface area contributed by atoms with Gasteiger partial charge in [-0.3, -0.25) is 4.90 Å². The van der Waals surface area contributed by atoms with Gasteiger partial charge in [0.1, 0.15) is 11.9 Å². The molecule has 0 aromatic heterocycles.